The summed E-state index contributed by atoms with van der Waals surface area (Å²) in [5.41, 5.74) is 2.64. The first-order valence-corrected chi connectivity index (χ1v) is 9.10. The van der Waals surface area contributed by atoms with E-state index >= 15 is 0 Å². The van der Waals surface area contributed by atoms with Gasteiger partial charge < -0.3 is 4.74 Å². The molecule has 0 saturated heterocycles. The van der Waals surface area contributed by atoms with Crippen LogP contribution in [0.25, 0.3) is 16.7 Å². The van der Waals surface area contributed by atoms with Crippen LogP contribution < -0.4 is 4.74 Å². The van der Waals surface area contributed by atoms with Crippen molar-refractivity contribution in [1.82, 2.24) is 19.7 Å². The Bertz CT molecular complexity index is 1040. The average Bonchev–Trinajstić information content (AvgIpc) is 3.12. The molecule has 136 valence electrons. The summed E-state index contributed by atoms with van der Waals surface area (Å²) in [5.74, 6) is 0.782. The van der Waals surface area contributed by atoms with Crippen LogP contribution in [0.15, 0.2) is 72.1 Å². The Morgan fingerprint density at radius 3 is 2.52 bits per heavy atom. The zero-order chi connectivity index (χ0) is 18.6. The molecule has 0 aliphatic heterocycles. The Kier molecular flexibility index (Phi) is 4.97. The standard InChI is InChI=1S/C19H14F2N4OS/c20-19(21)26-15-8-6-13(7-9-15)11-27-18-16-10-24-25(17(16)22-12-23-18)14-4-2-1-3-5-14/h1-10,12,19H,11H2. The van der Waals surface area contributed by atoms with Crippen LogP contribution in [0.1, 0.15) is 5.56 Å². The summed E-state index contributed by atoms with van der Waals surface area (Å²) in [5, 5.41) is 6.11. The average molecular weight is 384 g/mol. The van der Waals surface area contributed by atoms with Crippen LogP contribution in [0, 0.1) is 0 Å². The minimum atomic E-state index is -2.82. The van der Waals surface area contributed by atoms with E-state index in [9.17, 15) is 8.78 Å². The van der Waals surface area contributed by atoms with E-state index in [1.807, 2.05) is 30.3 Å². The predicted octanol–water partition coefficient (Wildman–Crippen LogP) is 4.71. The number of aromatic nitrogens is 4. The summed E-state index contributed by atoms with van der Waals surface area (Å²) in [7, 11) is 0. The number of benzene rings is 2. The number of ether oxygens (including phenoxy) is 1. The lowest BCUT2D eigenvalue weighted by Gasteiger charge is -2.06. The van der Waals surface area contributed by atoms with E-state index in [1.165, 1.54) is 30.2 Å². The lowest BCUT2D eigenvalue weighted by atomic mass is 10.2. The molecule has 0 saturated carbocycles. The van der Waals surface area contributed by atoms with Crippen molar-refractivity contribution in [3.8, 4) is 11.4 Å². The van der Waals surface area contributed by atoms with Gasteiger partial charge in [-0.25, -0.2) is 14.6 Å². The van der Waals surface area contributed by atoms with Gasteiger partial charge in [0.25, 0.3) is 0 Å². The topological polar surface area (TPSA) is 52.8 Å². The fraction of sp³-hybridized carbons (Fsp3) is 0.105. The summed E-state index contributed by atoms with van der Waals surface area (Å²) in [6.07, 6.45) is 3.27. The van der Waals surface area contributed by atoms with Crippen molar-refractivity contribution >= 4 is 22.8 Å². The van der Waals surface area contributed by atoms with E-state index in [0.717, 1.165) is 27.3 Å². The molecule has 0 amide bonds. The molecule has 0 N–H and O–H groups in total. The Labute approximate surface area is 158 Å². The summed E-state index contributed by atoms with van der Waals surface area (Å²) < 4.78 is 30.6. The number of halogens is 2. The molecule has 0 bridgehead atoms. The van der Waals surface area contributed by atoms with Crippen LogP contribution in [-0.4, -0.2) is 26.4 Å². The van der Waals surface area contributed by atoms with Crippen molar-refractivity contribution in [3.05, 3.63) is 72.7 Å². The summed E-state index contributed by atoms with van der Waals surface area (Å²) in [6, 6.07) is 16.4. The van der Waals surface area contributed by atoms with Crippen molar-refractivity contribution in [1.29, 1.82) is 0 Å². The molecule has 0 unspecified atom stereocenters. The van der Waals surface area contributed by atoms with Gasteiger partial charge >= 0.3 is 6.61 Å². The quantitative estimate of drug-likeness (QED) is 0.356. The fourth-order valence-electron chi connectivity index (χ4n) is 2.61. The zero-order valence-corrected chi connectivity index (χ0v) is 14.8. The minimum absolute atomic E-state index is 0.146. The second kappa shape index (κ2) is 7.71. The third-order valence-electron chi connectivity index (χ3n) is 3.85. The third kappa shape index (κ3) is 3.90. The van der Waals surface area contributed by atoms with Gasteiger partial charge in [-0.1, -0.05) is 30.3 Å². The van der Waals surface area contributed by atoms with Crippen LogP contribution in [0.3, 0.4) is 0 Å². The van der Waals surface area contributed by atoms with Gasteiger partial charge in [0, 0.05) is 5.75 Å². The lowest BCUT2D eigenvalue weighted by Crippen LogP contribution is -2.01. The van der Waals surface area contributed by atoms with Gasteiger partial charge in [0.2, 0.25) is 0 Å². The van der Waals surface area contributed by atoms with Crippen molar-refractivity contribution in [2.45, 2.75) is 17.4 Å². The van der Waals surface area contributed by atoms with Gasteiger partial charge in [-0.2, -0.15) is 13.9 Å². The maximum Gasteiger partial charge on any atom is 0.387 e. The molecule has 0 aliphatic rings. The van der Waals surface area contributed by atoms with Gasteiger partial charge in [0.05, 0.1) is 17.3 Å². The molecule has 2 heterocycles. The van der Waals surface area contributed by atoms with E-state index in [0.29, 0.717) is 5.75 Å². The first-order chi connectivity index (χ1) is 13.2. The summed E-state index contributed by atoms with van der Waals surface area (Å²) in [4.78, 5) is 8.72. The molecular formula is C19H14F2N4OS. The third-order valence-corrected chi connectivity index (χ3v) is 4.93. The highest BCUT2D eigenvalue weighted by Gasteiger charge is 2.12. The van der Waals surface area contributed by atoms with Crippen LogP contribution in [0.5, 0.6) is 5.75 Å². The molecule has 8 heteroatoms. The number of hydrogen-bond acceptors (Lipinski definition) is 5. The number of para-hydroxylation sites is 1. The monoisotopic (exact) mass is 384 g/mol. The zero-order valence-electron chi connectivity index (χ0n) is 14.0. The highest BCUT2D eigenvalue weighted by atomic mass is 32.2. The lowest BCUT2D eigenvalue weighted by molar-refractivity contribution is -0.0498. The van der Waals surface area contributed by atoms with E-state index in [1.54, 1.807) is 23.0 Å². The highest BCUT2D eigenvalue weighted by molar-refractivity contribution is 7.98. The first-order valence-electron chi connectivity index (χ1n) is 8.11. The van der Waals surface area contributed by atoms with Crippen LogP contribution in [-0.2, 0) is 5.75 Å². The van der Waals surface area contributed by atoms with Crippen LogP contribution in [0.2, 0.25) is 0 Å². The molecule has 0 radical (unpaired) electrons. The molecule has 4 aromatic rings. The van der Waals surface area contributed by atoms with Gasteiger partial charge in [-0.05, 0) is 29.8 Å². The van der Waals surface area contributed by atoms with Crippen molar-refractivity contribution in [2.75, 3.05) is 0 Å². The molecule has 0 aliphatic carbocycles. The normalized spacial score (nSPS) is 11.2. The number of thioether (sulfide) groups is 1. The fourth-order valence-corrected chi connectivity index (χ4v) is 3.53. The van der Waals surface area contributed by atoms with Crippen LogP contribution >= 0.6 is 11.8 Å². The van der Waals surface area contributed by atoms with Gasteiger partial charge in [-0.15, -0.1) is 11.8 Å². The Morgan fingerprint density at radius 1 is 1.00 bits per heavy atom. The maximum absolute atomic E-state index is 12.2. The number of nitrogens with zero attached hydrogens (tertiary/aromatic N) is 4. The summed E-state index contributed by atoms with van der Waals surface area (Å²) in [6.45, 7) is -2.82. The smallest absolute Gasteiger partial charge is 0.387 e. The van der Waals surface area contributed by atoms with Gasteiger partial charge in [-0.3, -0.25) is 0 Å². The van der Waals surface area contributed by atoms with Crippen molar-refractivity contribution in [2.24, 2.45) is 0 Å². The molecule has 4 rings (SSSR count). The Balaban J connectivity index is 1.54. The molecule has 0 spiro atoms. The van der Waals surface area contributed by atoms with Gasteiger partial charge in [0.1, 0.15) is 17.1 Å². The van der Waals surface area contributed by atoms with Crippen molar-refractivity contribution in [3.63, 3.8) is 0 Å². The molecule has 27 heavy (non-hydrogen) atoms. The second-order valence-electron chi connectivity index (χ2n) is 5.62. The molecular weight excluding hydrogens is 370 g/mol. The van der Waals surface area contributed by atoms with E-state index < -0.39 is 6.61 Å². The summed E-state index contributed by atoms with van der Waals surface area (Å²) >= 11 is 1.54. The molecule has 0 fully saturated rings. The Morgan fingerprint density at radius 2 is 1.78 bits per heavy atom. The number of fused-ring (bicyclic) bond motifs is 1. The SMILES string of the molecule is FC(F)Oc1ccc(CSc2ncnc3c2cnn3-c2ccccc2)cc1. The molecule has 0 atom stereocenters. The predicted molar refractivity (Wildman–Crippen MR) is 99.3 cm³/mol. The number of rotatable bonds is 6. The van der Waals surface area contributed by atoms with E-state index in [4.69, 9.17) is 0 Å². The van der Waals surface area contributed by atoms with E-state index in [-0.39, 0.29) is 5.75 Å². The van der Waals surface area contributed by atoms with Crippen molar-refractivity contribution < 1.29 is 13.5 Å². The number of alkyl halides is 2. The maximum atomic E-state index is 12.2. The molecule has 2 aromatic heterocycles. The highest BCUT2D eigenvalue weighted by Crippen LogP contribution is 2.28. The molecule has 2 aromatic carbocycles. The largest absolute Gasteiger partial charge is 0.435 e. The first kappa shape index (κ1) is 17.4. The molecule has 5 nitrogen and oxygen atoms in total. The number of hydrogen-bond donors (Lipinski definition) is 0. The Hall–Kier alpha value is -3.00. The van der Waals surface area contributed by atoms with E-state index in [2.05, 4.69) is 19.8 Å². The van der Waals surface area contributed by atoms with Gasteiger partial charge in [0.15, 0.2) is 5.65 Å². The second-order valence-corrected chi connectivity index (χ2v) is 6.58. The minimum Gasteiger partial charge on any atom is -0.435 e. The van der Waals surface area contributed by atoms with Crippen LogP contribution in [0.4, 0.5) is 8.78 Å².